The number of pyridine rings is 1. The second-order valence-electron chi connectivity index (χ2n) is 6.33. The Morgan fingerprint density at radius 1 is 1.11 bits per heavy atom. The molecule has 0 spiro atoms. The molecule has 2 heterocycles. The molecule has 27 heavy (non-hydrogen) atoms. The zero-order valence-corrected chi connectivity index (χ0v) is 14.9. The maximum Gasteiger partial charge on any atom is 0.433 e. The summed E-state index contributed by atoms with van der Waals surface area (Å²) < 4.78 is 43.2. The number of carbonyl (C=O) groups is 1. The van der Waals surface area contributed by atoms with Crippen molar-refractivity contribution in [3.8, 4) is 0 Å². The van der Waals surface area contributed by atoms with Gasteiger partial charge in [-0.2, -0.15) is 13.2 Å². The first kappa shape index (κ1) is 19.2. The molecule has 0 atom stereocenters. The van der Waals surface area contributed by atoms with Gasteiger partial charge in [-0.05, 0) is 29.8 Å². The number of hydrogen-bond donors (Lipinski definition) is 0. The van der Waals surface area contributed by atoms with E-state index >= 15 is 0 Å². The van der Waals surface area contributed by atoms with E-state index < -0.39 is 11.9 Å². The number of anilines is 1. The third-order valence-electron chi connectivity index (χ3n) is 4.48. The second kappa shape index (κ2) is 7.96. The third-order valence-corrected chi connectivity index (χ3v) is 4.48. The summed E-state index contributed by atoms with van der Waals surface area (Å²) in [5.41, 5.74) is 0.618. The summed E-state index contributed by atoms with van der Waals surface area (Å²) in [6.45, 7) is 3.23. The zero-order chi connectivity index (χ0) is 19.4. The van der Waals surface area contributed by atoms with E-state index in [1.54, 1.807) is 18.2 Å². The number of rotatable bonds is 4. The van der Waals surface area contributed by atoms with Crippen LogP contribution < -0.4 is 4.90 Å². The standard InChI is InChI=1S/C19H20F3N3O2/c1-27-18(26)15-5-2-4-14(12-15)13-24-8-10-25(11-9-24)17-7-3-6-16(23-17)19(20,21)22/h2-7,12H,8-11,13H2,1H3. The highest BCUT2D eigenvalue weighted by Crippen LogP contribution is 2.29. The van der Waals surface area contributed by atoms with Crippen LogP contribution in [0.15, 0.2) is 42.5 Å². The topological polar surface area (TPSA) is 45.7 Å². The van der Waals surface area contributed by atoms with E-state index in [0.29, 0.717) is 44.1 Å². The molecule has 1 saturated heterocycles. The second-order valence-corrected chi connectivity index (χ2v) is 6.33. The summed E-state index contributed by atoms with van der Waals surface area (Å²) >= 11 is 0. The number of nitrogens with zero attached hydrogens (tertiary/aromatic N) is 3. The predicted molar refractivity (Wildman–Crippen MR) is 94.5 cm³/mol. The van der Waals surface area contributed by atoms with Crippen molar-refractivity contribution in [2.75, 3.05) is 38.2 Å². The van der Waals surface area contributed by atoms with Gasteiger partial charge in [0.25, 0.3) is 0 Å². The van der Waals surface area contributed by atoms with Crippen molar-refractivity contribution in [2.45, 2.75) is 12.7 Å². The predicted octanol–water partition coefficient (Wildman–Crippen LogP) is 3.21. The Balaban J connectivity index is 1.60. The number of halogens is 3. The quantitative estimate of drug-likeness (QED) is 0.764. The van der Waals surface area contributed by atoms with Crippen LogP contribution in [0, 0.1) is 0 Å². The molecule has 0 amide bonds. The molecule has 144 valence electrons. The van der Waals surface area contributed by atoms with Crippen molar-refractivity contribution in [2.24, 2.45) is 0 Å². The maximum atomic E-state index is 12.8. The monoisotopic (exact) mass is 379 g/mol. The van der Waals surface area contributed by atoms with Gasteiger partial charge in [-0.3, -0.25) is 4.90 Å². The van der Waals surface area contributed by atoms with Crippen LogP contribution in [0.4, 0.5) is 19.0 Å². The third kappa shape index (κ3) is 4.77. The molecule has 0 aliphatic carbocycles. The first-order chi connectivity index (χ1) is 12.9. The van der Waals surface area contributed by atoms with Crippen molar-refractivity contribution < 1.29 is 22.7 Å². The van der Waals surface area contributed by atoms with Crippen molar-refractivity contribution in [1.82, 2.24) is 9.88 Å². The van der Waals surface area contributed by atoms with Crippen LogP contribution >= 0.6 is 0 Å². The summed E-state index contributed by atoms with van der Waals surface area (Å²) in [4.78, 5) is 19.4. The van der Waals surface area contributed by atoms with Gasteiger partial charge in [0.15, 0.2) is 0 Å². The van der Waals surface area contributed by atoms with Crippen LogP contribution in [-0.4, -0.2) is 49.1 Å². The van der Waals surface area contributed by atoms with E-state index in [2.05, 4.69) is 9.88 Å². The number of alkyl halides is 3. The molecule has 0 unspecified atom stereocenters. The molecule has 0 radical (unpaired) electrons. The van der Waals surface area contributed by atoms with Gasteiger partial charge in [0, 0.05) is 32.7 Å². The molecule has 0 saturated carbocycles. The lowest BCUT2D eigenvalue weighted by Gasteiger charge is -2.35. The molecule has 3 rings (SSSR count). The van der Waals surface area contributed by atoms with Crippen LogP contribution in [0.2, 0.25) is 0 Å². The van der Waals surface area contributed by atoms with Crippen LogP contribution in [0.1, 0.15) is 21.6 Å². The van der Waals surface area contributed by atoms with Crippen molar-refractivity contribution in [1.29, 1.82) is 0 Å². The van der Waals surface area contributed by atoms with Crippen LogP contribution in [0.3, 0.4) is 0 Å². The lowest BCUT2D eigenvalue weighted by Crippen LogP contribution is -2.46. The van der Waals surface area contributed by atoms with Gasteiger partial charge >= 0.3 is 12.1 Å². The normalized spacial score (nSPS) is 15.6. The smallest absolute Gasteiger partial charge is 0.433 e. The maximum absolute atomic E-state index is 12.8. The largest absolute Gasteiger partial charge is 0.465 e. The molecule has 1 aromatic heterocycles. The number of carbonyl (C=O) groups excluding carboxylic acids is 1. The fourth-order valence-corrected chi connectivity index (χ4v) is 3.07. The highest BCUT2D eigenvalue weighted by molar-refractivity contribution is 5.89. The van der Waals surface area contributed by atoms with E-state index in [9.17, 15) is 18.0 Å². The molecule has 1 aliphatic rings. The van der Waals surface area contributed by atoms with Gasteiger partial charge in [-0.1, -0.05) is 18.2 Å². The molecule has 0 N–H and O–H groups in total. The fraction of sp³-hybridized carbons (Fsp3) is 0.368. The van der Waals surface area contributed by atoms with Crippen LogP contribution in [-0.2, 0) is 17.5 Å². The van der Waals surface area contributed by atoms with Gasteiger partial charge in [-0.15, -0.1) is 0 Å². The van der Waals surface area contributed by atoms with Crippen molar-refractivity contribution in [3.05, 3.63) is 59.3 Å². The minimum absolute atomic E-state index is 0.345. The Morgan fingerprint density at radius 3 is 2.48 bits per heavy atom. The molecule has 1 fully saturated rings. The van der Waals surface area contributed by atoms with Crippen molar-refractivity contribution in [3.63, 3.8) is 0 Å². The van der Waals surface area contributed by atoms with Crippen LogP contribution in [0.5, 0.6) is 0 Å². The average molecular weight is 379 g/mol. The molecule has 0 bridgehead atoms. The molecule has 5 nitrogen and oxygen atoms in total. The Bertz CT molecular complexity index is 803. The van der Waals surface area contributed by atoms with E-state index in [1.165, 1.54) is 13.2 Å². The number of benzene rings is 1. The highest BCUT2D eigenvalue weighted by atomic mass is 19.4. The van der Waals surface area contributed by atoms with E-state index in [1.807, 2.05) is 17.0 Å². The minimum Gasteiger partial charge on any atom is -0.465 e. The molecular formula is C19H20F3N3O2. The Labute approximate surface area is 155 Å². The van der Waals surface area contributed by atoms with Gasteiger partial charge in [-0.25, -0.2) is 9.78 Å². The molecule has 2 aromatic rings. The number of hydrogen-bond acceptors (Lipinski definition) is 5. The first-order valence-corrected chi connectivity index (χ1v) is 8.55. The van der Waals surface area contributed by atoms with Crippen LogP contribution in [0.25, 0.3) is 0 Å². The summed E-state index contributed by atoms with van der Waals surface area (Å²) in [5, 5.41) is 0. The summed E-state index contributed by atoms with van der Waals surface area (Å²) in [6.07, 6.45) is -4.44. The molecule has 1 aromatic carbocycles. The molecule has 8 heteroatoms. The zero-order valence-electron chi connectivity index (χ0n) is 14.9. The van der Waals surface area contributed by atoms with E-state index in [-0.39, 0.29) is 5.97 Å². The molecular weight excluding hydrogens is 359 g/mol. The Morgan fingerprint density at radius 2 is 1.81 bits per heavy atom. The molecule has 1 aliphatic heterocycles. The van der Waals surface area contributed by atoms with Gasteiger partial charge in [0.1, 0.15) is 11.5 Å². The Hall–Kier alpha value is -2.61. The number of ether oxygens (including phenoxy) is 1. The number of methoxy groups -OCH3 is 1. The summed E-state index contributed by atoms with van der Waals surface area (Å²) in [5.74, 6) is -0.0329. The number of piperazine rings is 1. The van der Waals surface area contributed by atoms with E-state index in [4.69, 9.17) is 4.74 Å². The fourth-order valence-electron chi connectivity index (χ4n) is 3.07. The van der Waals surface area contributed by atoms with Gasteiger partial charge in [0.2, 0.25) is 0 Å². The summed E-state index contributed by atoms with van der Waals surface area (Å²) in [7, 11) is 1.34. The SMILES string of the molecule is COC(=O)c1cccc(CN2CCN(c3cccc(C(F)(F)F)n3)CC2)c1. The highest BCUT2D eigenvalue weighted by Gasteiger charge is 2.33. The first-order valence-electron chi connectivity index (χ1n) is 8.55. The van der Waals surface area contributed by atoms with Gasteiger partial charge in [0.05, 0.1) is 12.7 Å². The van der Waals surface area contributed by atoms with Gasteiger partial charge < -0.3 is 9.64 Å². The average Bonchev–Trinajstić information content (AvgIpc) is 2.67. The number of esters is 1. The number of aromatic nitrogens is 1. The van der Waals surface area contributed by atoms with Crippen molar-refractivity contribution >= 4 is 11.8 Å². The van der Waals surface area contributed by atoms with E-state index in [0.717, 1.165) is 11.6 Å². The Kier molecular flexibility index (Phi) is 5.65. The lowest BCUT2D eigenvalue weighted by atomic mass is 10.1. The minimum atomic E-state index is -4.44. The summed E-state index contributed by atoms with van der Waals surface area (Å²) in [6, 6.07) is 11.2. The lowest BCUT2D eigenvalue weighted by molar-refractivity contribution is -0.141.